The molecular formula is C19H22BrN3O2. The summed E-state index contributed by atoms with van der Waals surface area (Å²) in [4.78, 5) is 25.8. The first-order chi connectivity index (χ1) is 11.9. The van der Waals surface area contributed by atoms with Crippen LogP contribution in [0.5, 0.6) is 0 Å². The maximum Gasteiger partial charge on any atom is 0.322 e. The maximum atomic E-state index is 12.2. The van der Waals surface area contributed by atoms with Crippen LogP contribution in [0.2, 0.25) is 0 Å². The summed E-state index contributed by atoms with van der Waals surface area (Å²) in [7, 11) is 1.59. The number of para-hydroxylation sites is 1. The second-order valence-corrected chi connectivity index (χ2v) is 6.66. The number of rotatable bonds is 5. The van der Waals surface area contributed by atoms with E-state index in [1.807, 2.05) is 50.2 Å². The molecule has 0 unspecified atom stereocenters. The fraction of sp³-hybridized carbons (Fsp3) is 0.263. The van der Waals surface area contributed by atoms with Crippen LogP contribution in [0.3, 0.4) is 0 Å². The standard InChI is InChI=1S/C19H22BrN3O2/c1-4-14-7-5-6-8-17(14)22-18(24)12-23(3)19(25)21-15-9-10-16(20)13(2)11-15/h5-11H,4,12H2,1-3H3,(H,21,25)(H,22,24). The number of carbonyl (C=O) groups excluding carboxylic acids is 2. The van der Waals surface area contributed by atoms with Crippen molar-refractivity contribution in [3.05, 3.63) is 58.1 Å². The smallest absolute Gasteiger partial charge is 0.322 e. The van der Waals surface area contributed by atoms with Crippen LogP contribution in [-0.2, 0) is 11.2 Å². The number of nitrogens with zero attached hydrogens (tertiary/aromatic N) is 1. The summed E-state index contributed by atoms with van der Waals surface area (Å²) in [6, 6.07) is 12.9. The van der Waals surface area contributed by atoms with Crippen LogP contribution in [0.25, 0.3) is 0 Å². The summed E-state index contributed by atoms with van der Waals surface area (Å²) in [6.07, 6.45) is 0.829. The molecule has 5 nitrogen and oxygen atoms in total. The van der Waals surface area contributed by atoms with Crippen molar-refractivity contribution < 1.29 is 9.59 Å². The summed E-state index contributed by atoms with van der Waals surface area (Å²) in [5.41, 5.74) is 3.56. The number of benzene rings is 2. The van der Waals surface area contributed by atoms with E-state index in [1.54, 1.807) is 13.1 Å². The Hall–Kier alpha value is -2.34. The molecular weight excluding hydrogens is 382 g/mol. The lowest BCUT2D eigenvalue weighted by Crippen LogP contribution is -2.37. The highest BCUT2D eigenvalue weighted by Gasteiger charge is 2.14. The molecule has 0 saturated heterocycles. The van der Waals surface area contributed by atoms with Gasteiger partial charge in [0, 0.05) is 22.9 Å². The third kappa shape index (κ3) is 5.32. The number of urea groups is 1. The maximum absolute atomic E-state index is 12.2. The zero-order valence-electron chi connectivity index (χ0n) is 14.6. The molecule has 132 valence electrons. The van der Waals surface area contributed by atoms with E-state index in [4.69, 9.17) is 0 Å². The van der Waals surface area contributed by atoms with Crippen LogP contribution >= 0.6 is 15.9 Å². The highest BCUT2D eigenvalue weighted by molar-refractivity contribution is 9.10. The van der Waals surface area contributed by atoms with Gasteiger partial charge in [-0.25, -0.2) is 4.79 Å². The number of hydrogen-bond acceptors (Lipinski definition) is 2. The second kappa shape index (κ2) is 8.67. The summed E-state index contributed by atoms with van der Waals surface area (Å²) in [5.74, 6) is -0.231. The number of hydrogen-bond donors (Lipinski definition) is 2. The van der Waals surface area contributed by atoms with Gasteiger partial charge >= 0.3 is 6.03 Å². The van der Waals surface area contributed by atoms with Gasteiger partial charge in [0.15, 0.2) is 0 Å². The lowest BCUT2D eigenvalue weighted by molar-refractivity contribution is -0.116. The first-order valence-corrected chi connectivity index (χ1v) is 8.86. The number of carbonyl (C=O) groups is 2. The number of aryl methyl sites for hydroxylation is 2. The average Bonchev–Trinajstić information content (AvgIpc) is 2.58. The zero-order chi connectivity index (χ0) is 18.4. The molecule has 3 amide bonds. The number of halogens is 1. The van der Waals surface area contributed by atoms with Crippen LogP contribution in [0.15, 0.2) is 46.9 Å². The first kappa shape index (κ1) is 19.0. The highest BCUT2D eigenvalue weighted by atomic mass is 79.9. The molecule has 0 atom stereocenters. The van der Waals surface area contributed by atoms with Gasteiger partial charge in [-0.2, -0.15) is 0 Å². The van der Waals surface area contributed by atoms with Gasteiger partial charge in [0.2, 0.25) is 5.91 Å². The van der Waals surface area contributed by atoms with Crippen LogP contribution in [0.4, 0.5) is 16.2 Å². The normalized spacial score (nSPS) is 10.2. The number of amides is 3. The number of anilines is 2. The van der Waals surface area contributed by atoms with Gasteiger partial charge in [-0.3, -0.25) is 4.79 Å². The van der Waals surface area contributed by atoms with E-state index in [0.717, 1.165) is 27.7 Å². The number of likely N-dealkylation sites (N-methyl/N-ethyl adjacent to an activating group) is 1. The first-order valence-electron chi connectivity index (χ1n) is 8.06. The zero-order valence-corrected chi connectivity index (χ0v) is 16.2. The Bertz CT molecular complexity index is 777. The van der Waals surface area contributed by atoms with E-state index in [2.05, 4.69) is 26.6 Å². The van der Waals surface area contributed by atoms with E-state index in [9.17, 15) is 9.59 Å². The van der Waals surface area contributed by atoms with Crippen molar-refractivity contribution >= 4 is 39.2 Å². The second-order valence-electron chi connectivity index (χ2n) is 5.81. The molecule has 0 aliphatic rings. The molecule has 25 heavy (non-hydrogen) atoms. The SMILES string of the molecule is CCc1ccccc1NC(=O)CN(C)C(=O)Nc1ccc(Br)c(C)c1. The van der Waals surface area contributed by atoms with E-state index in [1.165, 1.54) is 4.90 Å². The molecule has 2 aromatic rings. The largest absolute Gasteiger partial charge is 0.324 e. The van der Waals surface area contributed by atoms with Gasteiger partial charge in [0.1, 0.15) is 6.54 Å². The molecule has 2 N–H and O–H groups in total. The Morgan fingerprint density at radius 2 is 1.84 bits per heavy atom. The monoisotopic (exact) mass is 403 g/mol. The van der Waals surface area contributed by atoms with Crippen molar-refractivity contribution in [3.8, 4) is 0 Å². The van der Waals surface area contributed by atoms with Gasteiger partial charge < -0.3 is 15.5 Å². The van der Waals surface area contributed by atoms with Gasteiger partial charge in [-0.05, 0) is 48.7 Å². The van der Waals surface area contributed by atoms with Gasteiger partial charge in [0.25, 0.3) is 0 Å². The Labute approximate surface area is 156 Å². The van der Waals surface area contributed by atoms with E-state index in [0.29, 0.717) is 5.69 Å². The lowest BCUT2D eigenvalue weighted by Gasteiger charge is -2.18. The molecule has 0 bridgehead atoms. The van der Waals surface area contributed by atoms with Crippen LogP contribution in [0, 0.1) is 6.92 Å². The molecule has 0 spiro atoms. The summed E-state index contributed by atoms with van der Waals surface area (Å²) >= 11 is 3.42. The van der Waals surface area contributed by atoms with Gasteiger partial charge in [0.05, 0.1) is 0 Å². The van der Waals surface area contributed by atoms with Crippen molar-refractivity contribution in [1.29, 1.82) is 0 Å². The Kier molecular flexibility index (Phi) is 6.58. The molecule has 2 aromatic carbocycles. The van der Waals surface area contributed by atoms with Crippen molar-refractivity contribution in [3.63, 3.8) is 0 Å². The molecule has 0 saturated carbocycles. The molecule has 0 aliphatic carbocycles. The Morgan fingerprint density at radius 3 is 2.52 bits per heavy atom. The van der Waals surface area contributed by atoms with Crippen molar-refractivity contribution in [2.75, 3.05) is 24.2 Å². The van der Waals surface area contributed by atoms with Crippen LogP contribution in [0.1, 0.15) is 18.1 Å². The molecule has 0 heterocycles. The fourth-order valence-electron chi connectivity index (χ4n) is 2.37. The van der Waals surface area contributed by atoms with Crippen LogP contribution in [-0.4, -0.2) is 30.4 Å². The third-order valence-corrected chi connectivity index (χ3v) is 4.70. The van der Waals surface area contributed by atoms with Crippen molar-refractivity contribution in [2.24, 2.45) is 0 Å². The predicted molar refractivity (Wildman–Crippen MR) is 105 cm³/mol. The number of nitrogens with one attached hydrogen (secondary N) is 2. The van der Waals surface area contributed by atoms with Crippen molar-refractivity contribution in [2.45, 2.75) is 20.3 Å². The molecule has 0 aliphatic heterocycles. The van der Waals surface area contributed by atoms with E-state index >= 15 is 0 Å². The minimum absolute atomic E-state index is 0.0284. The summed E-state index contributed by atoms with van der Waals surface area (Å²) in [5, 5.41) is 5.65. The molecule has 0 aromatic heterocycles. The molecule has 0 fully saturated rings. The highest BCUT2D eigenvalue weighted by Crippen LogP contribution is 2.20. The quantitative estimate of drug-likeness (QED) is 0.775. The lowest BCUT2D eigenvalue weighted by atomic mass is 10.1. The van der Waals surface area contributed by atoms with Gasteiger partial charge in [-0.1, -0.05) is 41.1 Å². The molecule has 2 rings (SSSR count). The van der Waals surface area contributed by atoms with Gasteiger partial charge in [-0.15, -0.1) is 0 Å². The average molecular weight is 404 g/mol. The van der Waals surface area contributed by atoms with Crippen molar-refractivity contribution in [1.82, 2.24) is 4.90 Å². The Balaban J connectivity index is 1.93. The summed E-state index contributed by atoms with van der Waals surface area (Å²) in [6.45, 7) is 3.95. The van der Waals surface area contributed by atoms with Crippen LogP contribution < -0.4 is 10.6 Å². The topological polar surface area (TPSA) is 61.4 Å². The Morgan fingerprint density at radius 1 is 1.12 bits per heavy atom. The predicted octanol–water partition coefficient (Wildman–Crippen LogP) is 4.42. The third-order valence-electron chi connectivity index (χ3n) is 3.81. The van der Waals surface area contributed by atoms with E-state index in [-0.39, 0.29) is 18.5 Å². The molecule has 6 heteroatoms. The fourth-order valence-corrected chi connectivity index (χ4v) is 2.62. The minimum Gasteiger partial charge on any atom is -0.324 e. The minimum atomic E-state index is -0.333. The molecule has 0 radical (unpaired) electrons. The van der Waals surface area contributed by atoms with E-state index < -0.39 is 0 Å². The summed E-state index contributed by atoms with van der Waals surface area (Å²) < 4.78 is 0.979.